The number of rotatable bonds is 6. The van der Waals surface area contributed by atoms with Gasteiger partial charge in [-0.2, -0.15) is 5.26 Å². The summed E-state index contributed by atoms with van der Waals surface area (Å²) in [5.41, 5.74) is 0. The van der Waals surface area contributed by atoms with Gasteiger partial charge < -0.3 is 0 Å². The molecule has 0 aromatic heterocycles. The smallest absolute Gasteiger partial charge is 0.0635 e. The van der Waals surface area contributed by atoms with Crippen molar-refractivity contribution in [1.82, 2.24) is 4.90 Å². The Morgan fingerprint density at radius 1 is 1.54 bits per heavy atom. The molecule has 1 aliphatic rings. The fourth-order valence-corrected chi connectivity index (χ4v) is 1.59. The van der Waals surface area contributed by atoms with E-state index < -0.39 is 0 Å². The third kappa shape index (κ3) is 3.78. The Kier molecular flexibility index (Phi) is 4.24. The molecule has 1 aliphatic carbocycles. The number of nitrogens with zero attached hydrogens (tertiary/aromatic N) is 2. The van der Waals surface area contributed by atoms with E-state index in [0.717, 1.165) is 18.5 Å². The number of hydrogen-bond acceptors (Lipinski definition) is 2. The molecule has 2 nitrogen and oxygen atoms in total. The Morgan fingerprint density at radius 2 is 2.23 bits per heavy atom. The second-order valence-corrected chi connectivity index (χ2v) is 4.15. The minimum atomic E-state index is 0.687. The predicted octanol–water partition coefficient (Wildman–Crippen LogP) is 2.41. The lowest BCUT2D eigenvalue weighted by Gasteiger charge is -2.23. The van der Waals surface area contributed by atoms with Gasteiger partial charge in [0.1, 0.15) is 0 Å². The van der Waals surface area contributed by atoms with Gasteiger partial charge in [0.05, 0.1) is 6.07 Å². The monoisotopic (exact) mass is 180 g/mol. The minimum Gasteiger partial charge on any atom is -0.299 e. The molecule has 0 saturated heterocycles. The van der Waals surface area contributed by atoms with Gasteiger partial charge in [-0.15, -0.1) is 0 Å². The van der Waals surface area contributed by atoms with Gasteiger partial charge in [-0.25, -0.2) is 0 Å². The molecule has 1 atom stereocenters. The van der Waals surface area contributed by atoms with Gasteiger partial charge in [-0.1, -0.05) is 20.3 Å². The quantitative estimate of drug-likeness (QED) is 0.627. The first-order valence-electron chi connectivity index (χ1n) is 5.39. The topological polar surface area (TPSA) is 27.0 Å². The summed E-state index contributed by atoms with van der Waals surface area (Å²) in [6, 6.07) is 3.04. The third-order valence-corrected chi connectivity index (χ3v) is 2.82. The third-order valence-electron chi connectivity index (χ3n) is 2.82. The highest BCUT2D eigenvalue weighted by atomic mass is 15.2. The molecule has 0 aliphatic heterocycles. The van der Waals surface area contributed by atoms with Crippen molar-refractivity contribution >= 4 is 0 Å². The zero-order chi connectivity index (χ0) is 9.68. The van der Waals surface area contributed by atoms with Crippen LogP contribution < -0.4 is 0 Å². The van der Waals surface area contributed by atoms with Gasteiger partial charge in [0.2, 0.25) is 0 Å². The molecule has 1 saturated carbocycles. The standard InChI is InChI=1S/C11H20N2/c1-3-10(2)9-13(8-4-7-12)11-5-6-11/h10-11H,3-6,8-9H2,1-2H3. The fourth-order valence-electron chi connectivity index (χ4n) is 1.59. The van der Waals surface area contributed by atoms with Crippen molar-refractivity contribution in [2.45, 2.75) is 45.6 Å². The van der Waals surface area contributed by atoms with Crippen LogP contribution in [0.5, 0.6) is 0 Å². The molecule has 1 rings (SSSR count). The van der Waals surface area contributed by atoms with E-state index in [2.05, 4.69) is 24.8 Å². The molecular weight excluding hydrogens is 160 g/mol. The second kappa shape index (κ2) is 5.24. The molecule has 0 bridgehead atoms. The van der Waals surface area contributed by atoms with Gasteiger partial charge in [0.25, 0.3) is 0 Å². The SMILES string of the molecule is CCC(C)CN(CCC#N)C1CC1. The highest BCUT2D eigenvalue weighted by molar-refractivity contribution is 4.86. The zero-order valence-electron chi connectivity index (χ0n) is 8.79. The molecular formula is C11H20N2. The van der Waals surface area contributed by atoms with Crippen LogP contribution in [-0.4, -0.2) is 24.0 Å². The van der Waals surface area contributed by atoms with E-state index in [1.807, 2.05) is 0 Å². The van der Waals surface area contributed by atoms with Crippen molar-refractivity contribution in [3.63, 3.8) is 0 Å². The molecule has 0 heterocycles. The van der Waals surface area contributed by atoms with E-state index in [4.69, 9.17) is 5.26 Å². The Hall–Kier alpha value is -0.550. The Labute approximate surface area is 81.5 Å². The summed E-state index contributed by atoms with van der Waals surface area (Å²) in [4.78, 5) is 2.50. The van der Waals surface area contributed by atoms with Crippen LogP contribution in [-0.2, 0) is 0 Å². The highest BCUT2D eigenvalue weighted by Gasteiger charge is 2.28. The van der Waals surface area contributed by atoms with Gasteiger partial charge in [0.15, 0.2) is 0 Å². The Bertz CT molecular complexity index is 179. The Morgan fingerprint density at radius 3 is 2.69 bits per heavy atom. The van der Waals surface area contributed by atoms with Crippen LogP contribution in [0.15, 0.2) is 0 Å². The molecule has 0 spiro atoms. The van der Waals surface area contributed by atoms with Gasteiger partial charge >= 0.3 is 0 Å². The number of nitriles is 1. The summed E-state index contributed by atoms with van der Waals surface area (Å²) in [5, 5.41) is 8.53. The summed E-state index contributed by atoms with van der Waals surface area (Å²) in [5.74, 6) is 0.777. The van der Waals surface area contributed by atoms with Crippen molar-refractivity contribution in [3.8, 4) is 6.07 Å². The lowest BCUT2D eigenvalue weighted by molar-refractivity contribution is 0.230. The summed E-state index contributed by atoms with van der Waals surface area (Å²) >= 11 is 0. The molecule has 0 N–H and O–H groups in total. The van der Waals surface area contributed by atoms with Crippen LogP contribution in [0, 0.1) is 17.2 Å². The van der Waals surface area contributed by atoms with Crippen molar-refractivity contribution in [2.75, 3.05) is 13.1 Å². The van der Waals surface area contributed by atoms with Crippen molar-refractivity contribution < 1.29 is 0 Å². The molecule has 0 radical (unpaired) electrons. The average Bonchev–Trinajstić information content (AvgIpc) is 2.94. The maximum Gasteiger partial charge on any atom is 0.0635 e. The summed E-state index contributed by atoms with van der Waals surface area (Å²) < 4.78 is 0. The first kappa shape index (κ1) is 10.5. The van der Waals surface area contributed by atoms with Crippen LogP contribution in [0.1, 0.15) is 39.5 Å². The van der Waals surface area contributed by atoms with E-state index in [9.17, 15) is 0 Å². The molecule has 1 unspecified atom stereocenters. The summed E-state index contributed by atoms with van der Waals surface area (Å²) in [6.07, 6.45) is 4.63. The van der Waals surface area contributed by atoms with Crippen LogP contribution in [0.25, 0.3) is 0 Å². The second-order valence-electron chi connectivity index (χ2n) is 4.15. The van der Waals surface area contributed by atoms with Gasteiger partial charge in [0, 0.05) is 25.6 Å². The normalized spacial score (nSPS) is 18.6. The maximum atomic E-state index is 8.53. The molecule has 0 aromatic carbocycles. The minimum absolute atomic E-state index is 0.687. The van der Waals surface area contributed by atoms with E-state index in [1.54, 1.807) is 0 Å². The van der Waals surface area contributed by atoms with Crippen molar-refractivity contribution in [2.24, 2.45) is 5.92 Å². The fraction of sp³-hybridized carbons (Fsp3) is 0.909. The lowest BCUT2D eigenvalue weighted by Crippen LogP contribution is -2.31. The highest BCUT2D eigenvalue weighted by Crippen LogP contribution is 2.27. The van der Waals surface area contributed by atoms with E-state index in [-0.39, 0.29) is 0 Å². The first-order chi connectivity index (χ1) is 6.27. The largest absolute Gasteiger partial charge is 0.299 e. The zero-order valence-corrected chi connectivity index (χ0v) is 8.79. The average molecular weight is 180 g/mol. The molecule has 13 heavy (non-hydrogen) atoms. The van der Waals surface area contributed by atoms with E-state index in [0.29, 0.717) is 6.42 Å². The molecule has 0 aromatic rings. The first-order valence-corrected chi connectivity index (χ1v) is 5.39. The lowest BCUT2D eigenvalue weighted by atomic mass is 10.1. The van der Waals surface area contributed by atoms with Crippen molar-refractivity contribution in [1.29, 1.82) is 5.26 Å². The van der Waals surface area contributed by atoms with E-state index in [1.165, 1.54) is 25.8 Å². The van der Waals surface area contributed by atoms with Crippen LogP contribution in [0.4, 0.5) is 0 Å². The van der Waals surface area contributed by atoms with E-state index >= 15 is 0 Å². The van der Waals surface area contributed by atoms with Gasteiger partial charge in [-0.3, -0.25) is 4.90 Å². The van der Waals surface area contributed by atoms with Crippen LogP contribution >= 0.6 is 0 Å². The predicted molar refractivity (Wildman–Crippen MR) is 54.3 cm³/mol. The molecule has 1 fully saturated rings. The van der Waals surface area contributed by atoms with Crippen LogP contribution in [0.2, 0.25) is 0 Å². The molecule has 2 heteroatoms. The van der Waals surface area contributed by atoms with Crippen molar-refractivity contribution in [3.05, 3.63) is 0 Å². The maximum absolute atomic E-state index is 8.53. The molecule has 0 amide bonds. The summed E-state index contributed by atoms with van der Waals surface area (Å²) in [6.45, 7) is 6.69. The Balaban J connectivity index is 2.25. The molecule has 74 valence electrons. The summed E-state index contributed by atoms with van der Waals surface area (Å²) in [7, 11) is 0. The van der Waals surface area contributed by atoms with Crippen LogP contribution in [0.3, 0.4) is 0 Å². The number of hydrogen-bond donors (Lipinski definition) is 0. The van der Waals surface area contributed by atoms with Gasteiger partial charge in [-0.05, 0) is 18.8 Å².